The molecule has 2 heterocycles. The monoisotopic (exact) mass is 373 g/mol. The number of nitrogens with zero attached hydrogens (tertiary/aromatic N) is 5. The third-order valence-electron chi connectivity index (χ3n) is 4.84. The molecule has 0 saturated heterocycles. The second-order valence-corrected chi connectivity index (χ2v) is 7.05. The summed E-state index contributed by atoms with van der Waals surface area (Å²) in [5.41, 5.74) is 0.0854. The van der Waals surface area contributed by atoms with Crippen LogP contribution in [0.5, 0.6) is 0 Å². The fraction of sp³-hybridized carbons (Fsp3) is 0.588. The summed E-state index contributed by atoms with van der Waals surface area (Å²) in [6, 6.07) is 2.13. The summed E-state index contributed by atoms with van der Waals surface area (Å²) in [5.74, 6) is 1.84. The van der Waals surface area contributed by atoms with Crippen LogP contribution in [-0.4, -0.2) is 51.0 Å². The van der Waals surface area contributed by atoms with Gasteiger partial charge in [0.1, 0.15) is 24.1 Å². The predicted molar refractivity (Wildman–Crippen MR) is 95.8 cm³/mol. The molecule has 1 saturated carbocycles. The zero-order chi connectivity index (χ0) is 19.4. The Labute approximate surface area is 157 Å². The van der Waals surface area contributed by atoms with Gasteiger partial charge in [-0.1, -0.05) is 19.0 Å². The zero-order valence-electron chi connectivity index (χ0n) is 15.6. The molecule has 10 nitrogen and oxygen atoms in total. The number of aromatic nitrogens is 4. The maximum atomic E-state index is 9.89. The molecule has 0 spiro atoms. The lowest BCUT2D eigenvalue weighted by Crippen LogP contribution is -2.57. The average molecular weight is 373 g/mol. The lowest BCUT2D eigenvalue weighted by molar-refractivity contribution is -0.0511. The summed E-state index contributed by atoms with van der Waals surface area (Å²) in [4.78, 5) is 12.7. The molecule has 10 heteroatoms. The minimum absolute atomic E-state index is 0.0416. The molecule has 1 aliphatic rings. The van der Waals surface area contributed by atoms with Crippen molar-refractivity contribution in [1.29, 1.82) is 5.26 Å². The van der Waals surface area contributed by atoms with E-state index in [0.29, 0.717) is 55.0 Å². The van der Waals surface area contributed by atoms with Crippen LogP contribution in [0.15, 0.2) is 10.7 Å². The molecule has 2 atom stereocenters. The average Bonchev–Trinajstić information content (AvgIpc) is 3.09. The maximum absolute atomic E-state index is 9.89. The van der Waals surface area contributed by atoms with Crippen molar-refractivity contribution in [1.82, 2.24) is 20.1 Å². The fourth-order valence-corrected chi connectivity index (χ4v) is 2.83. The molecule has 3 rings (SSSR count). The van der Waals surface area contributed by atoms with Gasteiger partial charge in [-0.2, -0.15) is 15.2 Å². The van der Waals surface area contributed by atoms with Crippen molar-refractivity contribution in [3.8, 4) is 6.07 Å². The van der Waals surface area contributed by atoms with E-state index in [4.69, 9.17) is 9.26 Å². The highest BCUT2D eigenvalue weighted by molar-refractivity contribution is 5.54. The zero-order valence-corrected chi connectivity index (χ0v) is 15.6. The summed E-state index contributed by atoms with van der Waals surface area (Å²) in [7, 11) is 1.57. The molecule has 1 fully saturated rings. The Kier molecular flexibility index (Phi) is 5.53. The van der Waals surface area contributed by atoms with Gasteiger partial charge in [-0.05, 0) is 6.42 Å². The van der Waals surface area contributed by atoms with E-state index in [1.807, 2.05) is 13.8 Å². The first-order chi connectivity index (χ1) is 12.9. The van der Waals surface area contributed by atoms with Crippen LogP contribution < -0.4 is 10.6 Å². The Bertz CT molecular complexity index is 830. The number of hydrogen-bond donors (Lipinski definition) is 3. The van der Waals surface area contributed by atoms with Crippen LogP contribution in [0.25, 0.3) is 0 Å². The van der Waals surface area contributed by atoms with Crippen LogP contribution in [0, 0.1) is 16.7 Å². The van der Waals surface area contributed by atoms with Gasteiger partial charge in [0.2, 0.25) is 11.8 Å². The molecule has 0 aliphatic heterocycles. The highest BCUT2D eigenvalue weighted by atomic mass is 16.5. The number of rotatable bonds is 8. The van der Waals surface area contributed by atoms with E-state index in [9.17, 15) is 10.4 Å². The van der Waals surface area contributed by atoms with Crippen LogP contribution in [0.4, 0.5) is 11.8 Å². The summed E-state index contributed by atoms with van der Waals surface area (Å²) in [6.07, 6.45) is 2.23. The van der Waals surface area contributed by atoms with E-state index >= 15 is 0 Å². The summed E-state index contributed by atoms with van der Waals surface area (Å²) >= 11 is 0. The van der Waals surface area contributed by atoms with E-state index in [-0.39, 0.29) is 17.6 Å². The van der Waals surface area contributed by atoms with E-state index in [1.165, 1.54) is 6.20 Å². The molecule has 3 N–H and O–H groups in total. The third-order valence-corrected chi connectivity index (χ3v) is 4.84. The molecule has 2 unspecified atom stereocenters. The van der Waals surface area contributed by atoms with Crippen LogP contribution in [-0.2, 0) is 17.8 Å². The number of methoxy groups -OCH3 is 1. The standard InChI is InChI=1S/C17H23N7O3/c1-17(2)11(6-12(17)25)21-15-10(7-18)8-20-16(23-15)19-5-4-14-22-13(9-26-3)24-27-14/h8,11-12,25H,4-6,9H2,1-3H3,(H2,19,20,21,23). The predicted octanol–water partition coefficient (Wildman–Crippen LogP) is 1.10. The molecule has 144 valence electrons. The van der Waals surface area contributed by atoms with Gasteiger partial charge in [-0.15, -0.1) is 0 Å². The number of aliphatic hydroxyl groups excluding tert-OH is 1. The molecule has 27 heavy (non-hydrogen) atoms. The van der Waals surface area contributed by atoms with E-state index < -0.39 is 0 Å². The van der Waals surface area contributed by atoms with Crippen molar-refractivity contribution in [3.05, 3.63) is 23.5 Å². The van der Waals surface area contributed by atoms with Crippen LogP contribution in [0.3, 0.4) is 0 Å². The quantitative estimate of drug-likeness (QED) is 0.615. The molecule has 2 aromatic heterocycles. The van der Waals surface area contributed by atoms with Gasteiger partial charge < -0.3 is 25.0 Å². The second kappa shape index (κ2) is 7.85. The topological polar surface area (TPSA) is 142 Å². The van der Waals surface area contributed by atoms with Gasteiger partial charge >= 0.3 is 0 Å². The Hall–Kier alpha value is -2.77. The third kappa shape index (κ3) is 4.15. The summed E-state index contributed by atoms with van der Waals surface area (Å²) < 4.78 is 10.1. The highest BCUT2D eigenvalue weighted by Gasteiger charge is 2.47. The Balaban J connectivity index is 1.60. The number of ether oxygens (including phenoxy) is 1. The van der Waals surface area contributed by atoms with Crippen LogP contribution in [0.1, 0.15) is 37.5 Å². The summed E-state index contributed by atoms with van der Waals surface area (Å²) in [5, 5.41) is 29.3. The van der Waals surface area contributed by atoms with Gasteiger partial charge in [0.05, 0.1) is 12.3 Å². The van der Waals surface area contributed by atoms with Crippen molar-refractivity contribution in [2.24, 2.45) is 5.41 Å². The first kappa shape index (κ1) is 19.0. The van der Waals surface area contributed by atoms with Crippen LogP contribution in [0.2, 0.25) is 0 Å². The normalized spacial score (nSPS) is 20.6. The molecular weight excluding hydrogens is 350 g/mol. The van der Waals surface area contributed by atoms with Gasteiger partial charge in [-0.25, -0.2) is 4.98 Å². The van der Waals surface area contributed by atoms with E-state index in [2.05, 4.69) is 36.8 Å². The van der Waals surface area contributed by atoms with Crippen molar-refractivity contribution < 1.29 is 14.4 Å². The molecule has 2 aromatic rings. The van der Waals surface area contributed by atoms with Crippen molar-refractivity contribution in [3.63, 3.8) is 0 Å². The lowest BCUT2D eigenvalue weighted by atomic mass is 9.64. The van der Waals surface area contributed by atoms with Gasteiger partial charge in [0, 0.05) is 31.5 Å². The smallest absolute Gasteiger partial charge is 0.228 e. The van der Waals surface area contributed by atoms with Crippen molar-refractivity contribution in [2.75, 3.05) is 24.3 Å². The highest BCUT2D eigenvalue weighted by Crippen LogP contribution is 2.42. The molecule has 0 radical (unpaired) electrons. The number of nitriles is 1. The van der Waals surface area contributed by atoms with Gasteiger partial charge in [-0.3, -0.25) is 0 Å². The minimum Gasteiger partial charge on any atom is -0.392 e. The number of aliphatic hydroxyl groups is 1. The number of anilines is 2. The fourth-order valence-electron chi connectivity index (χ4n) is 2.83. The lowest BCUT2D eigenvalue weighted by Gasteiger charge is -2.49. The molecule has 0 amide bonds. The Morgan fingerprint density at radius 3 is 2.93 bits per heavy atom. The Morgan fingerprint density at radius 2 is 2.26 bits per heavy atom. The largest absolute Gasteiger partial charge is 0.392 e. The maximum Gasteiger partial charge on any atom is 0.228 e. The van der Waals surface area contributed by atoms with E-state index in [0.717, 1.165) is 0 Å². The first-order valence-corrected chi connectivity index (χ1v) is 8.70. The molecule has 0 bridgehead atoms. The van der Waals surface area contributed by atoms with Gasteiger partial charge in [0.25, 0.3) is 0 Å². The van der Waals surface area contributed by atoms with Gasteiger partial charge in [0.15, 0.2) is 5.82 Å². The first-order valence-electron chi connectivity index (χ1n) is 8.70. The second-order valence-electron chi connectivity index (χ2n) is 7.05. The summed E-state index contributed by atoms with van der Waals surface area (Å²) in [6.45, 7) is 4.76. The number of nitrogens with one attached hydrogen (secondary N) is 2. The minimum atomic E-state index is -0.364. The SMILES string of the molecule is COCc1noc(CCNc2ncc(C#N)c(NC3CC(O)C3(C)C)n2)n1. The molecule has 1 aliphatic carbocycles. The molecule has 0 aromatic carbocycles. The number of hydrogen-bond acceptors (Lipinski definition) is 10. The van der Waals surface area contributed by atoms with E-state index in [1.54, 1.807) is 7.11 Å². The van der Waals surface area contributed by atoms with Crippen molar-refractivity contribution in [2.45, 2.75) is 45.4 Å². The molecular formula is C17H23N7O3. The van der Waals surface area contributed by atoms with Crippen LogP contribution >= 0.6 is 0 Å². The Morgan fingerprint density at radius 1 is 1.44 bits per heavy atom. The van der Waals surface area contributed by atoms with Crippen molar-refractivity contribution >= 4 is 11.8 Å².